The molecule has 0 saturated heterocycles. The summed E-state index contributed by atoms with van der Waals surface area (Å²) in [5, 5.41) is 40.1. The molecular formula is C53H77BrF2K2N6O7S3. The Morgan fingerprint density at radius 3 is 1.62 bits per heavy atom. The Morgan fingerprint density at radius 2 is 1.26 bits per heavy atom. The topological polar surface area (TPSA) is 179 Å². The van der Waals surface area contributed by atoms with Crippen LogP contribution in [0.15, 0.2) is 24.8 Å². The van der Waals surface area contributed by atoms with Crippen LogP contribution in [0.3, 0.4) is 0 Å². The number of nitrogens with zero attached hydrogens (tertiary/aromatic N) is 5. The number of hydrogen-bond acceptors (Lipinski definition) is 10. The van der Waals surface area contributed by atoms with E-state index in [9.17, 15) is 28.6 Å². The van der Waals surface area contributed by atoms with Gasteiger partial charge in [-0.1, -0.05) is 49.4 Å². The number of thiol groups is 2. The number of hydrogen-bond donors (Lipinski definition) is 5. The average Bonchev–Trinajstić information content (AvgIpc) is 4.20. The average molecular weight is 1200 g/mol. The van der Waals surface area contributed by atoms with Crippen LogP contribution in [0.4, 0.5) is 20.2 Å². The number of aliphatic hydroxyl groups is 2. The fourth-order valence-electron chi connectivity index (χ4n) is 16.4. The Morgan fingerprint density at radius 1 is 0.811 bits per heavy atom. The largest absolute Gasteiger partial charge is 1.00 e. The van der Waals surface area contributed by atoms with Crippen molar-refractivity contribution in [2.45, 2.75) is 155 Å². The Hall–Kier alpha value is 0.493. The van der Waals surface area contributed by atoms with Crippen molar-refractivity contribution < 1.29 is 148 Å². The molecule has 0 aromatic carbocycles. The van der Waals surface area contributed by atoms with E-state index in [1.807, 2.05) is 0 Å². The van der Waals surface area contributed by atoms with Crippen LogP contribution >= 0.6 is 53.4 Å². The molecule has 402 valence electrons. The van der Waals surface area contributed by atoms with Gasteiger partial charge in [0.1, 0.15) is 19.1 Å². The Kier molecular flexibility index (Phi) is 28.9. The van der Waals surface area contributed by atoms with Gasteiger partial charge in [-0.3, -0.25) is 24.2 Å². The first-order valence-corrected chi connectivity index (χ1v) is 27.9. The molecule has 8 saturated carbocycles. The molecule has 8 aliphatic rings. The van der Waals surface area contributed by atoms with E-state index in [0.29, 0.717) is 99.0 Å². The monoisotopic (exact) mass is 1200 g/mol. The van der Waals surface area contributed by atoms with Crippen molar-refractivity contribution in [2.24, 2.45) is 81.8 Å². The summed E-state index contributed by atoms with van der Waals surface area (Å²) in [6.45, 7) is 17.2. The number of aromatic amines is 1. The van der Waals surface area contributed by atoms with Crippen molar-refractivity contribution >= 4 is 86.3 Å². The number of carbonyl (C=O) groups excluding carboxylic acids is 3. The Balaban J connectivity index is 0.000000391. The fourth-order valence-corrected chi connectivity index (χ4v) is 16.8. The summed E-state index contributed by atoms with van der Waals surface area (Å²) in [5.74, 6) is 7.45. The Bertz CT molecular complexity index is 2230. The maximum atomic E-state index is 13.4. The summed E-state index contributed by atoms with van der Waals surface area (Å²) in [7, 11) is 0. The minimum Gasteiger partial charge on any atom is -1.00 e. The summed E-state index contributed by atoms with van der Waals surface area (Å²) in [5.41, 5.74) is -0.824. The van der Waals surface area contributed by atoms with Crippen LogP contribution in [-0.4, -0.2) is 81.6 Å². The van der Waals surface area contributed by atoms with Crippen molar-refractivity contribution in [3.05, 3.63) is 47.6 Å². The summed E-state index contributed by atoms with van der Waals surface area (Å²) >= 11 is 14.8. The van der Waals surface area contributed by atoms with Crippen LogP contribution in [0.5, 0.6) is 0 Å². The molecule has 0 radical (unpaired) electrons. The third kappa shape index (κ3) is 16.1. The zero-order valence-electron chi connectivity index (χ0n) is 44.0. The standard InChI is InChI=1S/C25H34FN3O2.C21H32BrFO2.C4H3N3.CH2O3.CH2S3.CH4.2K.H/c1-24-9-7-19-18-8-10-25(31,15-26)11-16(18)3-4-20(19)21(24)5-6-22(24)23(30)14-29-13-17(27-2)12-28-29;1-20-8-6-15-14-7-9-21(25,12-23)10-13(14)2-3-16(15)17(20)4-5-18(20)19(24)11-22;1-5-4-2-6-7-3-4;2-1-4-3;2-1(3)4;;;;/h12-13,16,18-22,31H,3-11,14-15H2,1H3;13-18,25H,2-12H2,1H3;2-3H,(H,6,7);1,3H;(H2,2,3,4);1H4;;;/q;;;;;;2*+1;-1/p-1/t16-,18+,19-,20-,21+,22-,24+,25-;13-,14+,15-,16-,17+,18-,20+,21-;;;;;;;/m11......./s1. The predicted molar refractivity (Wildman–Crippen MR) is 286 cm³/mol. The van der Waals surface area contributed by atoms with Crippen molar-refractivity contribution in [1.82, 2.24) is 20.0 Å². The molecule has 2 heterocycles. The van der Waals surface area contributed by atoms with Gasteiger partial charge in [0.25, 0.3) is 6.47 Å². The number of H-pyrrole nitrogens is 1. The summed E-state index contributed by atoms with van der Waals surface area (Å²) in [4.78, 5) is 43.4. The van der Waals surface area contributed by atoms with Gasteiger partial charge < -0.3 is 21.8 Å². The van der Waals surface area contributed by atoms with Crippen molar-refractivity contribution in [2.75, 3.05) is 18.7 Å². The van der Waals surface area contributed by atoms with E-state index in [1.54, 1.807) is 17.1 Å². The molecule has 21 heteroatoms. The Labute approximate surface area is 549 Å². The van der Waals surface area contributed by atoms with Gasteiger partial charge in [0, 0.05) is 24.2 Å². The molecule has 2 aromatic heterocycles. The number of halogens is 3. The van der Waals surface area contributed by atoms with E-state index in [2.05, 4.69) is 97.1 Å². The molecule has 0 spiro atoms. The summed E-state index contributed by atoms with van der Waals surface area (Å²) in [6.07, 6.45) is 24.4. The van der Waals surface area contributed by atoms with Gasteiger partial charge in [0.2, 0.25) is 11.4 Å². The van der Waals surface area contributed by atoms with Crippen LogP contribution in [0, 0.1) is 95.0 Å². The summed E-state index contributed by atoms with van der Waals surface area (Å²) in [6, 6.07) is 0. The maximum Gasteiger partial charge on any atom is 1.00 e. The van der Waals surface area contributed by atoms with Gasteiger partial charge in [-0.25, -0.2) is 18.5 Å². The fraction of sp³-hybridized carbons (Fsp3) is 0.774. The minimum absolute atomic E-state index is 0. The van der Waals surface area contributed by atoms with Crippen LogP contribution in [0.25, 0.3) is 9.69 Å². The SMILES string of the molecule is C.C[C@]12CC[C@H]3[C@@H](CC[C@@H]4C[C@@](O)(CF)CC[C@@H]43)[C@@H]1CC[C@@H]2C(=O)CBr.O=CO[O-].S=C(S)S.[C-]#[N+]c1cn[nH]c1.[C-]#[N+]c1cnn(CC(=O)[C@H]2CC[C@H]3[C@@H]4CC[C@@H]5C[C@@](O)(CF)CC[C@@H]5[C@H]4CC[C@]23C)c1.[H-].[K+].[K+]. The molecule has 10 rings (SSSR count). The number of nitrogens with one attached hydrogen (secondary N) is 1. The molecule has 0 aliphatic heterocycles. The molecule has 3 N–H and O–H groups in total. The number of thiocarbonyl (C=S) groups is 1. The van der Waals surface area contributed by atoms with E-state index < -0.39 is 24.6 Å². The molecule has 0 bridgehead atoms. The molecule has 0 unspecified atom stereocenters. The van der Waals surface area contributed by atoms with Crippen molar-refractivity contribution in [3.8, 4) is 0 Å². The van der Waals surface area contributed by atoms with Gasteiger partial charge in [0.15, 0.2) is 5.78 Å². The molecule has 13 nitrogen and oxygen atoms in total. The van der Waals surface area contributed by atoms with Crippen molar-refractivity contribution in [3.63, 3.8) is 0 Å². The second-order valence-electron chi connectivity index (χ2n) is 22.5. The molecule has 16 atom stereocenters. The third-order valence-electron chi connectivity index (χ3n) is 19.3. The minimum atomic E-state index is -1.08. The van der Waals surface area contributed by atoms with Gasteiger partial charge in [-0.15, -0.1) is 25.3 Å². The molecule has 74 heavy (non-hydrogen) atoms. The molecule has 8 aliphatic carbocycles. The normalized spacial score (nSPS) is 37.5. The second kappa shape index (κ2) is 31.1. The number of carbonyl (C=O) groups is 3. The van der Waals surface area contributed by atoms with Crippen molar-refractivity contribution in [1.29, 1.82) is 0 Å². The van der Waals surface area contributed by atoms with E-state index in [1.165, 1.54) is 50.9 Å². The number of rotatable bonds is 8. The molecule has 2 aromatic rings. The number of Topliss-reactive ketones (excluding diaryl/α,β-unsaturated/α-hetero) is 2. The van der Waals surface area contributed by atoms with E-state index in [4.69, 9.17) is 23.2 Å². The zero-order chi connectivity index (χ0) is 51.7. The first-order chi connectivity index (χ1) is 33.9. The first-order valence-electron chi connectivity index (χ1n) is 25.4. The zero-order valence-corrected chi connectivity index (χ0v) is 53.4. The van der Waals surface area contributed by atoms with Crippen LogP contribution < -0.4 is 108 Å². The van der Waals surface area contributed by atoms with Crippen LogP contribution in [0.2, 0.25) is 0 Å². The molecule has 0 amide bonds. The van der Waals surface area contributed by atoms with Gasteiger partial charge >= 0.3 is 103 Å². The van der Waals surface area contributed by atoms with Gasteiger partial charge in [0.05, 0.1) is 52.1 Å². The van der Waals surface area contributed by atoms with Gasteiger partial charge in [-0.2, -0.15) is 10.2 Å². The van der Waals surface area contributed by atoms with Crippen LogP contribution in [-0.2, 0) is 25.8 Å². The van der Waals surface area contributed by atoms with E-state index >= 15 is 0 Å². The second-order valence-corrected chi connectivity index (χ2v) is 25.4. The van der Waals surface area contributed by atoms with E-state index in [-0.39, 0.29) is 153 Å². The maximum absolute atomic E-state index is 13.4. The molecule has 8 fully saturated rings. The predicted octanol–water partition coefficient (Wildman–Crippen LogP) is 5.17. The number of fused-ring (bicyclic) bond motifs is 10. The third-order valence-corrected chi connectivity index (χ3v) is 19.9. The molecular weight excluding hydrogens is 1120 g/mol. The quantitative estimate of drug-likeness (QED) is 0.0346. The van der Waals surface area contributed by atoms with Crippen LogP contribution in [0.1, 0.15) is 138 Å². The van der Waals surface area contributed by atoms with Gasteiger partial charge in [-0.05, 0) is 186 Å². The first kappa shape index (κ1) is 68.8. The summed E-state index contributed by atoms with van der Waals surface area (Å²) < 4.78 is 28.6. The smallest absolute Gasteiger partial charge is 1.00 e. The van der Waals surface area contributed by atoms with E-state index in [0.717, 1.165) is 63.2 Å². The number of aromatic nitrogens is 4. The number of alkyl halides is 3. The number of ketones is 2.